The predicted molar refractivity (Wildman–Crippen MR) is 47.2 cm³/mol. The fourth-order valence-electron chi connectivity index (χ4n) is 1.19. The highest BCUT2D eigenvalue weighted by atomic mass is 16.5. The van der Waals surface area contributed by atoms with Gasteiger partial charge in [-0.15, -0.1) is 0 Å². The summed E-state index contributed by atoms with van der Waals surface area (Å²) in [5, 5.41) is 0. The molecule has 2 aromatic heterocycles. The summed E-state index contributed by atoms with van der Waals surface area (Å²) < 4.78 is 5.78. The molecule has 72 valence electrons. The molecule has 0 unspecified atom stereocenters. The molecule has 2 aromatic rings. The number of rotatable bonds is 1. The summed E-state index contributed by atoms with van der Waals surface area (Å²) in [6, 6.07) is 0. The molecule has 2 heterocycles. The third-order valence-electron chi connectivity index (χ3n) is 1.85. The Hall–Kier alpha value is -2.11. The maximum Gasteiger partial charge on any atom is 0.343 e. The number of hydrogen-bond donors (Lipinski definition) is 1. The van der Waals surface area contributed by atoms with E-state index in [2.05, 4.69) is 14.7 Å². The number of nitrogens with one attached hydrogen (secondary N) is 1. The van der Waals surface area contributed by atoms with Gasteiger partial charge in [0, 0.05) is 18.6 Å². The second-order valence-electron chi connectivity index (χ2n) is 2.62. The number of aromatic amines is 1. The molecule has 0 amide bonds. The Morgan fingerprint density at radius 1 is 1.64 bits per heavy atom. The van der Waals surface area contributed by atoms with Gasteiger partial charge in [0.1, 0.15) is 5.56 Å². The van der Waals surface area contributed by atoms with E-state index in [4.69, 9.17) is 0 Å². The van der Waals surface area contributed by atoms with E-state index in [0.717, 1.165) is 0 Å². The number of imidazole rings is 1. The molecule has 14 heavy (non-hydrogen) atoms. The van der Waals surface area contributed by atoms with Crippen LogP contribution in [0.15, 0.2) is 23.4 Å². The molecule has 0 bridgehead atoms. The molecule has 6 heteroatoms. The Morgan fingerprint density at radius 3 is 3.14 bits per heavy atom. The lowest BCUT2D eigenvalue weighted by atomic mass is 10.3. The summed E-state index contributed by atoms with van der Waals surface area (Å²) in [7, 11) is 1.27. The van der Waals surface area contributed by atoms with Crippen LogP contribution in [0.4, 0.5) is 0 Å². The van der Waals surface area contributed by atoms with Crippen molar-refractivity contribution in [3.8, 4) is 0 Å². The normalized spacial score (nSPS) is 10.4. The highest BCUT2D eigenvalue weighted by molar-refractivity contribution is 5.95. The molecule has 1 N–H and O–H groups in total. The minimum Gasteiger partial charge on any atom is -0.465 e. The lowest BCUT2D eigenvalue weighted by molar-refractivity contribution is 0.0601. The zero-order valence-corrected chi connectivity index (χ0v) is 7.35. The molecule has 6 nitrogen and oxygen atoms in total. The quantitative estimate of drug-likeness (QED) is 0.637. The smallest absolute Gasteiger partial charge is 0.343 e. The molecule has 0 aliphatic heterocycles. The van der Waals surface area contributed by atoms with Gasteiger partial charge in [-0.3, -0.25) is 4.40 Å². The Labute approximate surface area is 78.2 Å². The average Bonchev–Trinajstić information content (AvgIpc) is 2.67. The Morgan fingerprint density at radius 2 is 2.43 bits per heavy atom. The van der Waals surface area contributed by atoms with Gasteiger partial charge in [-0.25, -0.2) is 14.6 Å². The van der Waals surface area contributed by atoms with Crippen molar-refractivity contribution in [2.24, 2.45) is 0 Å². The van der Waals surface area contributed by atoms with Crippen molar-refractivity contribution in [1.29, 1.82) is 0 Å². The van der Waals surface area contributed by atoms with Crippen LogP contribution in [0.2, 0.25) is 0 Å². The van der Waals surface area contributed by atoms with Crippen molar-refractivity contribution in [3.63, 3.8) is 0 Å². The van der Waals surface area contributed by atoms with Gasteiger partial charge < -0.3 is 9.72 Å². The first-order chi connectivity index (χ1) is 6.74. The highest BCUT2D eigenvalue weighted by Gasteiger charge is 2.12. The standard InChI is InChI=1S/C8H7N3O3/c1-14-7(12)5-4-10-8(13)11-3-2-9-6(5)11/h2-4H,1H3,(H,10,13). The molecule has 0 aliphatic carbocycles. The lowest BCUT2D eigenvalue weighted by Gasteiger charge is -1.99. The summed E-state index contributed by atoms with van der Waals surface area (Å²) in [5.74, 6) is -0.530. The topological polar surface area (TPSA) is 76.5 Å². The lowest BCUT2D eigenvalue weighted by Crippen LogP contribution is -2.18. The summed E-state index contributed by atoms with van der Waals surface area (Å²) in [6.07, 6.45) is 4.20. The zero-order chi connectivity index (χ0) is 10.1. The number of methoxy groups -OCH3 is 1. The maximum atomic E-state index is 11.2. The fraction of sp³-hybridized carbons (Fsp3) is 0.125. The van der Waals surface area contributed by atoms with E-state index in [1.807, 2.05) is 0 Å². The van der Waals surface area contributed by atoms with Crippen LogP contribution in [0.3, 0.4) is 0 Å². The molecule has 0 aliphatic rings. The number of fused-ring (bicyclic) bond motifs is 1. The molecular formula is C8H7N3O3. The summed E-state index contributed by atoms with van der Waals surface area (Å²) in [4.78, 5) is 28.8. The molecule has 0 aromatic carbocycles. The van der Waals surface area contributed by atoms with Crippen molar-refractivity contribution in [3.05, 3.63) is 34.6 Å². The van der Waals surface area contributed by atoms with Crippen LogP contribution in [-0.4, -0.2) is 27.4 Å². The molecule has 0 fully saturated rings. The SMILES string of the molecule is COC(=O)c1c[nH]c(=O)n2ccnc12. The van der Waals surface area contributed by atoms with E-state index in [1.54, 1.807) is 0 Å². The number of carbonyl (C=O) groups excluding carboxylic acids is 1. The van der Waals surface area contributed by atoms with Crippen LogP contribution in [0.1, 0.15) is 10.4 Å². The van der Waals surface area contributed by atoms with Crippen molar-refractivity contribution in [2.45, 2.75) is 0 Å². The number of esters is 1. The van der Waals surface area contributed by atoms with Gasteiger partial charge in [-0.05, 0) is 0 Å². The number of aromatic nitrogens is 3. The van der Waals surface area contributed by atoms with Gasteiger partial charge in [0.05, 0.1) is 7.11 Å². The van der Waals surface area contributed by atoms with E-state index < -0.39 is 5.97 Å². The Kier molecular flexibility index (Phi) is 1.81. The average molecular weight is 193 g/mol. The van der Waals surface area contributed by atoms with Crippen molar-refractivity contribution in [1.82, 2.24) is 14.4 Å². The van der Waals surface area contributed by atoms with E-state index in [0.29, 0.717) is 5.65 Å². The third-order valence-corrected chi connectivity index (χ3v) is 1.85. The number of ether oxygens (including phenoxy) is 1. The van der Waals surface area contributed by atoms with Gasteiger partial charge in [0.2, 0.25) is 0 Å². The third kappa shape index (κ3) is 1.08. The van der Waals surface area contributed by atoms with Crippen LogP contribution in [0, 0.1) is 0 Å². The number of nitrogens with zero attached hydrogens (tertiary/aromatic N) is 2. The summed E-state index contributed by atoms with van der Waals surface area (Å²) in [6.45, 7) is 0. The summed E-state index contributed by atoms with van der Waals surface area (Å²) >= 11 is 0. The van der Waals surface area contributed by atoms with Gasteiger partial charge >= 0.3 is 11.7 Å². The molecule has 0 saturated carbocycles. The maximum absolute atomic E-state index is 11.2. The van der Waals surface area contributed by atoms with Gasteiger partial charge in [-0.2, -0.15) is 0 Å². The highest BCUT2D eigenvalue weighted by Crippen LogP contribution is 2.05. The van der Waals surface area contributed by atoms with Crippen LogP contribution in [0.5, 0.6) is 0 Å². The van der Waals surface area contributed by atoms with Gasteiger partial charge in [0.25, 0.3) is 0 Å². The Balaban J connectivity index is 2.79. The van der Waals surface area contributed by atoms with E-state index >= 15 is 0 Å². The molecular weight excluding hydrogens is 186 g/mol. The minimum absolute atomic E-state index is 0.233. The summed E-state index contributed by atoms with van der Waals surface area (Å²) in [5.41, 5.74) is 0.183. The van der Waals surface area contributed by atoms with Crippen LogP contribution in [-0.2, 0) is 4.74 Å². The number of hydrogen-bond acceptors (Lipinski definition) is 4. The number of carbonyl (C=O) groups is 1. The van der Waals surface area contributed by atoms with Crippen LogP contribution >= 0.6 is 0 Å². The number of H-pyrrole nitrogens is 1. The fourth-order valence-corrected chi connectivity index (χ4v) is 1.19. The van der Waals surface area contributed by atoms with Gasteiger partial charge in [0.15, 0.2) is 5.65 Å². The predicted octanol–water partition coefficient (Wildman–Crippen LogP) is -0.191. The van der Waals surface area contributed by atoms with Crippen molar-refractivity contribution >= 4 is 11.6 Å². The van der Waals surface area contributed by atoms with Crippen LogP contribution in [0.25, 0.3) is 5.65 Å². The molecule has 0 saturated heterocycles. The molecule has 0 radical (unpaired) electrons. The second kappa shape index (κ2) is 2.99. The van der Waals surface area contributed by atoms with E-state index in [-0.39, 0.29) is 11.3 Å². The largest absolute Gasteiger partial charge is 0.465 e. The Bertz CT molecular complexity index is 540. The van der Waals surface area contributed by atoms with Crippen molar-refractivity contribution in [2.75, 3.05) is 7.11 Å². The first kappa shape index (κ1) is 8.49. The van der Waals surface area contributed by atoms with E-state index in [9.17, 15) is 9.59 Å². The van der Waals surface area contributed by atoms with Gasteiger partial charge in [-0.1, -0.05) is 0 Å². The zero-order valence-electron chi connectivity index (χ0n) is 7.35. The van der Waals surface area contributed by atoms with Crippen LogP contribution < -0.4 is 5.69 Å². The van der Waals surface area contributed by atoms with Crippen molar-refractivity contribution < 1.29 is 9.53 Å². The first-order valence-electron chi connectivity index (χ1n) is 3.87. The first-order valence-corrected chi connectivity index (χ1v) is 3.87. The van der Waals surface area contributed by atoms with E-state index in [1.165, 1.54) is 30.1 Å². The molecule has 0 spiro atoms. The minimum atomic E-state index is -0.530. The second-order valence-corrected chi connectivity index (χ2v) is 2.62. The molecule has 2 rings (SSSR count). The molecule has 0 atom stereocenters. The monoisotopic (exact) mass is 193 g/mol.